The molecule has 3 rings (SSSR count). The zero-order chi connectivity index (χ0) is 23.1. The van der Waals surface area contributed by atoms with E-state index in [1.165, 1.54) is 33.5 Å². The largest absolute Gasteiger partial charge is 0.466 e. The lowest BCUT2D eigenvalue weighted by atomic mass is 10.2. The number of piperidine rings is 1. The Hall–Kier alpha value is -1.95. The van der Waals surface area contributed by atoms with Crippen LogP contribution in [-0.2, 0) is 30.8 Å². The molecule has 0 aliphatic carbocycles. The van der Waals surface area contributed by atoms with Gasteiger partial charge < -0.3 is 10.1 Å². The molecule has 0 spiro atoms. The first-order valence-corrected chi connectivity index (χ1v) is 13.7. The number of benzene rings is 1. The maximum absolute atomic E-state index is 12.9. The summed E-state index contributed by atoms with van der Waals surface area (Å²) < 4.78 is 32.9. The summed E-state index contributed by atoms with van der Waals surface area (Å²) in [7, 11) is -3.57. The zero-order valence-corrected chi connectivity index (χ0v) is 20.5. The lowest BCUT2D eigenvalue weighted by molar-refractivity contribution is -0.142. The van der Waals surface area contributed by atoms with Gasteiger partial charge >= 0.3 is 5.97 Å². The number of amides is 1. The second-order valence-electron chi connectivity index (χ2n) is 7.33. The smallest absolute Gasteiger partial charge is 0.311 e. The van der Waals surface area contributed by atoms with Crippen molar-refractivity contribution >= 4 is 50.7 Å². The van der Waals surface area contributed by atoms with E-state index in [2.05, 4.69) is 10.3 Å². The molecule has 1 aliphatic rings. The molecule has 2 heterocycles. The second kappa shape index (κ2) is 11.3. The number of sulfonamides is 1. The van der Waals surface area contributed by atoms with E-state index in [0.717, 1.165) is 19.3 Å². The highest BCUT2D eigenvalue weighted by Crippen LogP contribution is 2.28. The van der Waals surface area contributed by atoms with Crippen LogP contribution in [0.4, 0.5) is 5.69 Å². The van der Waals surface area contributed by atoms with E-state index >= 15 is 0 Å². The maximum Gasteiger partial charge on any atom is 0.311 e. The minimum absolute atomic E-state index is 0.101. The highest BCUT2D eigenvalue weighted by molar-refractivity contribution is 8.02. The average Bonchev–Trinajstić information content (AvgIpc) is 3.21. The molecule has 1 aliphatic heterocycles. The monoisotopic (exact) mass is 497 g/mol. The van der Waals surface area contributed by atoms with Crippen LogP contribution in [0.15, 0.2) is 38.9 Å². The Labute approximate surface area is 196 Å². The Balaban J connectivity index is 1.60. The molecular weight excluding hydrogens is 470 g/mol. The second-order valence-corrected chi connectivity index (χ2v) is 11.7. The summed E-state index contributed by atoms with van der Waals surface area (Å²) in [4.78, 5) is 28.8. The summed E-state index contributed by atoms with van der Waals surface area (Å²) >= 11 is 2.64. The highest BCUT2D eigenvalue weighted by Gasteiger charge is 2.26. The number of rotatable bonds is 9. The predicted molar refractivity (Wildman–Crippen MR) is 125 cm³/mol. The SMILES string of the molecule is CCOC(=O)Cc1csc(SC(C)C(=O)Nc2cccc(S(=O)(=O)N3CCCCC3)c2)n1. The van der Waals surface area contributed by atoms with Crippen LogP contribution in [0.3, 0.4) is 0 Å². The van der Waals surface area contributed by atoms with Crippen molar-refractivity contribution in [2.75, 3.05) is 25.0 Å². The Bertz CT molecular complexity index is 1050. The van der Waals surface area contributed by atoms with Crippen molar-refractivity contribution in [2.45, 2.75) is 54.0 Å². The van der Waals surface area contributed by atoms with Crippen LogP contribution in [0, 0.1) is 0 Å². The number of esters is 1. The van der Waals surface area contributed by atoms with Crippen molar-refractivity contribution in [1.82, 2.24) is 9.29 Å². The third kappa shape index (κ3) is 6.53. The number of nitrogens with zero attached hydrogens (tertiary/aromatic N) is 2. The normalized spacial score (nSPS) is 15.8. The van der Waals surface area contributed by atoms with Gasteiger partial charge in [0.2, 0.25) is 15.9 Å². The molecule has 8 nitrogen and oxygen atoms in total. The molecule has 1 aromatic heterocycles. The highest BCUT2D eigenvalue weighted by atomic mass is 32.2. The van der Waals surface area contributed by atoms with Gasteiger partial charge in [-0.3, -0.25) is 9.59 Å². The summed E-state index contributed by atoms with van der Waals surface area (Å²) in [5, 5.41) is 4.11. The number of carbonyl (C=O) groups is 2. The first-order valence-electron chi connectivity index (χ1n) is 10.5. The van der Waals surface area contributed by atoms with Crippen LogP contribution in [0.1, 0.15) is 38.8 Å². The summed E-state index contributed by atoms with van der Waals surface area (Å²) in [5.41, 5.74) is 1.04. The summed E-state index contributed by atoms with van der Waals surface area (Å²) in [6.07, 6.45) is 2.87. The molecule has 1 amide bonds. The molecular formula is C21H27N3O5S3. The number of hydrogen-bond donors (Lipinski definition) is 1. The van der Waals surface area contributed by atoms with Gasteiger partial charge in [0.1, 0.15) is 0 Å². The minimum atomic E-state index is -3.57. The Morgan fingerprint density at radius 3 is 2.75 bits per heavy atom. The quantitative estimate of drug-likeness (QED) is 0.417. The van der Waals surface area contributed by atoms with E-state index in [-0.39, 0.29) is 23.2 Å². The molecule has 1 aromatic carbocycles. The van der Waals surface area contributed by atoms with Crippen LogP contribution < -0.4 is 5.32 Å². The average molecular weight is 498 g/mol. The van der Waals surface area contributed by atoms with Gasteiger partial charge in [-0.1, -0.05) is 24.2 Å². The van der Waals surface area contributed by atoms with Gasteiger partial charge in [0.05, 0.1) is 28.9 Å². The molecule has 11 heteroatoms. The van der Waals surface area contributed by atoms with Crippen molar-refractivity contribution in [1.29, 1.82) is 0 Å². The van der Waals surface area contributed by atoms with Gasteiger partial charge in [0.25, 0.3) is 0 Å². The van der Waals surface area contributed by atoms with Crippen LogP contribution in [0.5, 0.6) is 0 Å². The predicted octanol–water partition coefficient (Wildman–Crippen LogP) is 3.54. The van der Waals surface area contributed by atoms with Gasteiger partial charge in [0.15, 0.2) is 4.34 Å². The molecule has 0 radical (unpaired) electrons. The van der Waals surface area contributed by atoms with E-state index < -0.39 is 15.3 Å². The van der Waals surface area contributed by atoms with Gasteiger partial charge in [-0.05, 0) is 44.9 Å². The van der Waals surface area contributed by atoms with Crippen molar-refractivity contribution in [3.63, 3.8) is 0 Å². The fourth-order valence-corrected chi connectivity index (χ4v) is 6.77. The van der Waals surface area contributed by atoms with E-state index in [1.807, 2.05) is 0 Å². The van der Waals surface area contributed by atoms with E-state index in [0.29, 0.717) is 35.4 Å². The molecule has 0 bridgehead atoms. The van der Waals surface area contributed by atoms with Gasteiger partial charge in [-0.15, -0.1) is 11.3 Å². The summed E-state index contributed by atoms with van der Waals surface area (Å²) in [6.45, 7) is 4.87. The molecule has 1 fully saturated rings. The van der Waals surface area contributed by atoms with Crippen molar-refractivity contribution in [2.24, 2.45) is 0 Å². The maximum atomic E-state index is 12.9. The van der Waals surface area contributed by atoms with Crippen LogP contribution in [0.25, 0.3) is 0 Å². The molecule has 1 N–H and O–H groups in total. The zero-order valence-electron chi connectivity index (χ0n) is 18.1. The van der Waals surface area contributed by atoms with Crippen molar-refractivity contribution in [3.05, 3.63) is 35.3 Å². The van der Waals surface area contributed by atoms with Crippen molar-refractivity contribution < 1.29 is 22.7 Å². The number of thiazole rings is 1. The number of hydrogen-bond acceptors (Lipinski definition) is 8. The summed E-state index contributed by atoms with van der Waals surface area (Å²) in [5.74, 6) is -0.593. The molecule has 1 atom stereocenters. The molecule has 2 aromatic rings. The molecule has 1 saturated heterocycles. The fourth-order valence-electron chi connectivity index (χ4n) is 3.22. The number of carbonyl (C=O) groups excluding carboxylic acids is 2. The van der Waals surface area contributed by atoms with Crippen LogP contribution >= 0.6 is 23.1 Å². The number of thioether (sulfide) groups is 1. The summed E-state index contributed by atoms with van der Waals surface area (Å²) in [6, 6.07) is 6.36. The van der Waals surface area contributed by atoms with Crippen LogP contribution in [-0.4, -0.2) is 54.5 Å². The Kier molecular flexibility index (Phi) is 8.69. The number of aromatic nitrogens is 1. The van der Waals surface area contributed by atoms with Gasteiger partial charge in [-0.2, -0.15) is 4.31 Å². The third-order valence-electron chi connectivity index (χ3n) is 4.86. The third-order valence-corrected chi connectivity index (χ3v) is 8.88. The van der Waals surface area contributed by atoms with Crippen LogP contribution in [0.2, 0.25) is 0 Å². The lowest BCUT2D eigenvalue weighted by Gasteiger charge is -2.26. The first-order chi connectivity index (χ1) is 15.3. The Morgan fingerprint density at radius 1 is 1.28 bits per heavy atom. The molecule has 174 valence electrons. The van der Waals surface area contributed by atoms with E-state index in [4.69, 9.17) is 4.74 Å². The van der Waals surface area contributed by atoms with Gasteiger partial charge in [-0.25, -0.2) is 13.4 Å². The number of ether oxygens (including phenoxy) is 1. The molecule has 0 saturated carbocycles. The Morgan fingerprint density at radius 2 is 2.03 bits per heavy atom. The minimum Gasteiger partial charge on any atom is -0.466 e. The fraction of sp³-hybridized carbons (Fsp3) is 0.476. The number of nitrogens with one attached hydrogen (secondary N) is 1. The van der Waals surface area contributed by atoms with Crippen molar-refractivity contribution in [3.8, 4) is 0 Å². The number of anilines is 1. The van der Waals surface area contributed by atoms with Gasteiger partial charge in [0, 0.05) is 24.2 Å². The topological polar surface area (TPSA) is 106 Å². The molecule has 1 unspecified atom stereocenters. The van der Waals surface area contributed by atoms with E-state index in [1.54, 1.807) is 37.4 Å². The standard InChI is InChI=1S/C21H27N3O5S3/c1-3-29-19(25)13-17-14-30-21(23-17)31-15(2)20(26)22-16-8-7-9-18(12-16)32(27,28)24-10-5-4-6-11-24/h7-9,12,14-15H,3-6,10-11,13H2,1-2H3,(H,22,26). The first kappa shape index (κ1) is 24.7. The lowest BCUT2D eigenvalue weighted by Crippen LogP contribution is -2.35. The molecule has 32 heavy (non-hydrogen) atoms. The van der Waals surface area contributed by atoms with E-state index in [9.17, 15) is 18.0 Å².